The summed E-state index contributed by atoms with van der Waals surface area (Å²) < 4.78 is 13.4. The molecule has 0 saturated heterocycles. The van der Waals surface area contributed by atoms with Crippen molar-refractivity contribution in [1.82, 2.24) is 15.0 Å². The van der Waals surface area contributed by atoms with E-state index in [-0.39, 0.29) is 24.7 Å². The number of nitrogens with zero attached hydrogens (tertiary/aromatic N) is 4. The number of halogens is 3. The molecule has 0 saturated carbocycles. The minimum atomic E-state index is -0.501. The van der Waals surface area contributed by atoms with Crippen LogP contribution < -0.4 is 10.2 Å². The second kappa shape index (κ2) is 11.7. The van der Waals surface area contributed by atoms with E-state index in [1.165, 1.54) is 7.11 Å². The number of nitrogens with one attached hydrogen (secondary N) is 1. The fourth-order valence-corrected chi connectivity index (χ4v) is 4.19. The standard InChI is InChI=1S/C24H22BrCl2N5O3/c1-13-7-16(15(3)32(13)17-5-6-20(26)21(27)8-17)10-29-31-22(33)12-35-24-18(9-28)19(11-34-4)23(25)14(2)30-24/h5-8,10H,11-12H2,1-4H3,(H,31,33)/b29-10-. The summed E-state index contributed by atoms with van der Waals surface area (Å²) in [5.74, 6) is -0.441. The normalized spacial score (nSPS) is 11.0. The minimum absolute atomic E-state index is 0.0598. The Morgan fingerprint density at radius 3 is 2.69 bits per heavy atom. The molecule has 0 fully saturated rings. The van der Waals surface area contributed by atoms with E-state index in [0.717, 1.165) is 22.6 Å². The van der Waals surface area contributed by atoms with Crippen LogP contribution in [0.3, 0.4) is 0 Å². The SMILES string of the molecule is COCc1c(Br)c(C)nc(OCC(=O)N/N=C\c2cc(C)n(-c3ccc(Cl)c(Cl)c3)c2C)c1C#N. The number of carbonyl (C=O) groups is 1. The molecule has 0 aliphatic carbocycles. The zero-order valence-corrected chi connectivity index (χ0v) is 22.5. The lowest BCUT2D eigenvalue weighted by atomic mass is 10.1. The number of rotatable bonds is 8. The Balaban J connectivity index is 1.69. The molecular formula is C24H22BrCl2N5O3. The van der Waals surface area contributed by atoms with Crippen LogP contribution in [0.25, 0.3) is 5.69 Å². The number of methoxy groups -OCH3 is 1. The van der Waals surface area contributed by atoms with Gasteiger partial charge in [0.25, 0.3) is 5.91 Å². The average molecular weight is 579 g/mol. The summed E-state index contributed by atoms with van der Waals surface area (Å²) in [6.45, 7) is 5.48. The Labute approximate surface area is 221 Å². The maximum atomic E-state index is 12.3. The molecule has 182 valence electrons. The molecule has 0 radical (unpaired) electrons. The van der Waals surface area contributed by atoms with Gasteiger partial charge in [-0.05, 0) is 61.0 Å². The second-order valence-electron chi connectivity index (χ2n) is 7.56. The number of benzene rings is 1. The van der Waals surface area contributed by atoms with Gasteiger partial charge in [-0.25, -0.2) is 10.4 Å². The third kappa shape index (κ3) is 6.03. The third-order valence-corrected chi connectivity index (χ3v) is 6.92. The maximum absolute atomic E-state index is 12.3. The summed E-state index contributed by atoms with van der Waals surface area (Å²) in [6, 6.07) is 9.40. The van der Waals surface area contributed by atoms with E-state index in [1.807, 2.05) is 30.5 Å². The van der Waals surface area contributed by atoms with E-state index in [1.54, 1.807) is 25.3 Å². The van der Waals surface area contributed by atoms with Gasteiger partial charge in [0.2, 0.25) is 5.88 Å². The van der Waals surface area contributed by atoms with Gasteiger partial charge in [-0.2, -0.15) is 10.4 Å². The fourth-order valence-electron chi connectivity index (χ4n) is 3.49. The molecule has 3 rings (SSSR count). The largest absolute Gasteiger partial charge is 0.467 e. The summed E-state index contributed by atoms with van der Waals surface area (Å²) >= 11 is 15.6. The van der Waals surface area contributed by atoms with Crippen LogP contribution in [0.4, 0.5) is 0 Å². The third-order valence-electron chi connectivity index (χ3n) is 5.13. The Morgan fingerprint density at radius 1 is 1.29 bits per heavy atom. The molecular weight excluding hydrogens is 557 g/mol. The first-order chi connectivity index (χ1) is 16.7. The Kier molecular flexibility index (Phi) is 8.92. The first-order valence-electron chi connectivity index (χ1n) is 10.3. The highest BCUT2D eigenvalue weighted by Crippen LogP contribution is 2.30. The van der Waals surface area contributed by atoms with Gasteiger partial charge in [-0.15, -0.1) is 0 Å². The van der Waals surface area contributed by atoms with Gasteiger partial charge in [0.05, 0.1) is 28.6 Å². The number of hydrogen-bond donors (Lipinski definition) is 1. The molecule has 1 aromatic carbocycles. The van der Waals surface area contributed by atoms with E-state index in [0.29, 0.717) is 25.8 Å². The van der Waals surface area contributed by atoms with E-state index >= 15 is 0 Å². The van der Waals surface area contributed by atoms with Gasteiger partial charge in [0, 0.05) is 39.8 Å². The quantitative estimate of drug-likeness (QED) is 0.284. The van der Waals surface area contributed by atoms with Crippen LogP contribution in [0.15, 0.2) is 33.8 Å². The highest BCUT2D eigenvalue weighted by Gasteiger charge is 2.18. The molecule has 0 unspecified atom stereocenters. The number of hydrogen-bond acceptors (Lipinski definition) is 6. The van der Waals surface area contributed by atoms with Crippen molar-refractivity contribution in [1.29, 1.82) is 5.26 Å². The molecule has 1 amide bonds. The predicted octanol–water partition coefficient (Wildman–Crippen LogP) is 5.41. The van der Waals surface area contributed by atoms with Gasteiger partial charge in [0.15, 0.2) is 6.61 Å². The van der Waals surface area contributed by atoms with Crippen LogP contribution in [0.1, 0.15) is 33.8 Å². The molecule has 0 aliphatic rings. The predicted molar refractivity (Wildman–Crippen MR) is 139 cm³/mol. The number of hydrazone groups is 1. The molecule has 2 heterocycles. The van der Waals surface area contributed by atoms with E-state index in [9.17, 15) is 10.1 Å². The van der Waals surface area contributed by atoms with Gasteiger partial charge >= 0.3 is 0 Å². The van der Waals surface area contributed by atoms with E-state index in [4.69, 9.17) is 32.7 Å². The van der Waals surface area contributed by atoms with Crippen molar-refractivity contribution < 1.29 is 14.3 Å². The second-order valence-corrected chi connectivity index (χ2v) is 9.16. The van der Waals surface area contributed by atoms with Crippen molar-refractivity contribution in [3.8, 4) is 17.6 Å². The molecule has 1 N–H and O–H groups in total. The molecule has 3 aromatic rings. The lowest BCUT2D eigenvalue weighted by molar-refractivity contribution is -0.123. The van der Waals surface area contributed by atoms with Crippen LogP contribution in [-0.2, 0) is 16.1 Å². The van der Waals surface area contributed by atoms with Crippen LogP contribution in [-0.4, -0.2) is 35.4 Å². The fraction of sp³-hybridized carbons (Fsp3) is 0.250. The summed E-state index contributed by atoms with van der Waals surface area (Å²) in [4.78, 5) is 16.6. The highest BCUT2D eigenvalue weighted by atomic mass is 79.9. The topological polar surface area (TPSA) is 102 Å². The maximum Gasteiger partial charge on any atom is 0.278 e. The monoisotopic (exact) mass is 577 g/mol. The molecule has 0 bridgehead atoms. The summed E-state index contributed by atoms with van der Waals surface area (Å²) in [5, 5.41) is 14.5. The number of amides is 1. The van der Waals surface area contributed by atoms with Crippen LogP contribution in [0, 0.1) is 32.1 Å². The van der Waals surface area contributed by atoms with Crippen molar-refractivity contribution in [2.45, 2.75) is 27.4 Å². The van der Waals surface area contributed by atoms with Crippen LogP contribution in [0.5, 0.6) is 5.88 Å². The van der Waals surface area contributed by atoms with Crippen molar-refractivity contribution in [3.63, 3.8) is 0 Å². The Hall–Kier alpha value is -2.90. The minimum Gasteiger partial charge on any atom is -0.467 e. The first kappa shape index (κ1) is 26.7. The Morgan fingerprint density at radius 2 is 2.03 bits per heavy atom. The summed E-state index contributed by atoms with van der Waals surface area (Å²) in [7, 11) is 1.53. The molecule has 2 aromatic heterocycles. The smallest absolute Gasteiger partial charge is 0.278 e. The van der Waals surface area contributed by atoms with Gasteiger partial charge < -0.3 is 14.0 Å². The van der Waals surface area contributed by atoms with Crippen molar-refractivity contribution in [2.75, 3.05) is 13.7 Å². The van der Waals surface area contributed by atoms with Gasteiger partial charge in [0.1, 0.15) is 11.6 Å². The summed E-state index contributed by atoms with van der Waals surface area (Å²) in [5.41, 5.74) is 7.41. The van der Waals surface area contributed by atoms with Gasteiger partial charge in [-0.3, -0.25) is 4.79 Å². The lowest BCUT2D eigenvalue weighted by Gasteiger charge is -2.13. The molecule has 0 atom stereocenters. The summed E-state index contributed by atoms with van der Waals surface area (Å²) in [6.07, 6.45) is 1.55. The molecule has 0 aliphatic heterocycles. The van der Waals surface area contributed by atoms with Crippen LogP contribution in [0.2, 0.25) is 10.0 Å². The number of aromatic nitrogens is 2. The zero-order valence-electron chi connectivity index (χ0n) is 19.4. The van der Waals surface area contributed by atoms with Gasteiger partial charge in [-0.1, -0.05) is 23.2 Å². The van der Waals surface area contributed by atoms with Crippen molar-refractivity contribution in [3.05, 3.63) is 72.6 Å². The van der Waals surface area contributed by atoms with Crippen molar-refractivity contribution in [2.24, 2.45) is 5.10 Å². The molecule has 35 heavy (non-hydrogen) atoms. The van der Waals surface area contributed by atoms with Crippen molar-refractivity contribution >= 4 is 51.3 Å². The number of aryl methyl sites for hydroxylation is 2. The first-order valence-corrected chi connectivity index (χ1v) is 11.9. The Bertz CT molecular complexity index is 1350. The van der Waals surface area contributed by atoms with Crippen LogP contribution >= 0.6 is 39.1 Å². The van der Waals surface area contributed by atoms with E-state index in [2.05, 4.69) is 37.5 Å². The van der Waals surface area contributed by atoms with E-state index < -0.39 is 5.91 Å². The average Bonchev–Trinajstić information content (AvgIpc) is 3.10. The number of nitriles is 1. The molecule has 0 spiro atoms. The number of carbonyl (C=O) groups excluding carboxylic acids is 1. The zero-order chi connectivity index (χ0) is 25.7. The highest BCUT2D eigenvalue weighted by molar-refractivity contribution is 9.10. The number of pyridine rings is 1. The number of ether oxygens (including phenoxy) is 2. The molecule has 8 nitrogen and oxygen atoms in total. The molecule has 11 heteroatoms. The lowest BCUT2D eigenvalue weighted by Crippen LogP contribution is -2.25.